The number of amides is 1. The minimum absolute atomic E-state index is 0.134. The molecule has 0 aliphatic heterocycles. The second-order valence-corrected chi connectivity index (χ2v) is 6.58. The van der Waals surface area contributed by atoms with E-state index in [1.54, 1.807) is 36.2 Å². The molecule has 0 radical (unpaired) electrons. The molecule has 4 nitrogen and oxygen atoms in total. The Balaban J connectivity index is 1.74. The summed E-state index contributed by atoms with van der Waals surface area (Å²) < 4.78 is 13.5. The molecule has 1 aromatic carbocycles. The van der Waals surface area contributed by atoms with Gasteiger partial charge in [0.2, 0.25) is 0 Å². The van der Waals surface area contributed by atoms with Gasteiger partial charge in [-0.25, -0.2) is 9.37 Å². The third-order valence-corrected chi connectivity index (χ3v) is 4.85. The van der Waals surface area contributed by atoms with Crippen molar-refractivity contribution in [3.05, 3.63) is 59.5 Å². The number of anilines is 1. The Labute approximate surface area is 152 Å². The molecular weight excluding hydrogens is 337 g/mol. The van der Waals surface area contributed by atoms with E-state index in [1.165, 1.54) is 6.07 Å². The SMILES string of the molecule is CCN(CC)c1ccc(C(=O)NCCSCc2ccccc2F)cn1. The van der Waals surface area contributed by atoms with Crippen LogP contribution in [0, 0.1) is 5.82 Å². The van der Waals surface area contributed by atoms with Crippen LogP contribution in [0.4, 0.5) is 10.2 Å². The predicted octanol–water partition coefficient (Wildman–Crippen LogP) is 3.73. The molecule has 0 atom stereocenters. The molecule has 1 aromatic heterocycles. The van der Waals surface area contributed by atoms with E-state index in [0.29, 0.717) is 23.4 Å². The van der Waals surface area contributed by atoms with Gasteiger partial charge in [0.05, 0.1) is 5.56 Å². The number of carbonyl (C=O) groups excluding carboxylic acids is 1. The Bertz CT molecular complexity index is 675. The monoisotopic (exact) mass is 361 g/mol. The molecule has 2 aromatic rings. The molecule has 134 valence electrons. The molecule has 0 unspecified atom stereocenters. The van der Waals surface area contributed by atoms with Crippen molar-refractivity contribution in [1.29, 1.82) is 0 Å². The van der Waals surface area contributed by atoms with Crippen LogP contribution in [0.2, 0.25) is 0 Å². The Kier molecular flexibility index (Phi) is 7.73. The average Bonchev–Trinajstić information content (AvgIpc) is 2.64. The van der Waals surface area contributed by atoms with E-state index in [0.717, 1.165) is 24.7 Å². The summed E-state index contributed by atoms with van der Waals surface area (Å²) in [5, 5.41) is 2.87. The van der Waals surface area contributed by atoms with Crippen molar-refractivity contribution in [3.8, 4) is 0 Å². The first-order chi connectivity index (χ1) is 12.2. The summed E-state index contributed by atoms with van der Waals surface area (Å²) in [4.78, 5) is 18.6. The molecule has 0 spiro atoms. The van der Waals surface area contributed by atoms with Crippen molar-refractivity contribution in [2.45, 2.75) is 19.6 Å². The van der Waals surface area contributed by atoms with E-state index in [9.17, 15) is 9.18 Å². The smallest absolute Gasteiger partial charge is 0.252 e. The lowest BCUT2D eigenvalue weighted by atomic mass is 10.2. The lowest BCUT2D eigenvalue weighted by Crippen LogP contribution is -2.26. The van der Waals surface area contributed by atoms with Gasteiger partial charge in [0.1, 0.15) is 11.6 Å². The number of hydrogen-bond donors (Lipinski definition) is 1. The van der Waals surface area contributed by atoms with Gasteiger partial charge in [-0.1, -0.05) is 18.2 Å². The van der Waals surface area contributed by atoms with Gasteiger partial charge in [-0.2, -0.15) is 11.8 Å². The van der Waals surface area contributed by atoms with E-state index < -0.39 is 0 Å². The summed E-state index contributed by atoms with van der Waals surface area (Å²) in [6, 6.07) is 10.4. The van der Waals surface area contributed by atoms with Crippen LogP contribution in [-0.2, 0) is 5.75 Å². The van der Waals surface area contributed by atoms with Crippen LogP contribution in [0.5, 0.6) is 0 Å². The molecule has 0 fully saturated rings. The highest BCUT2D eigenvalue weighted by atomic mass is 32.2. The van der Waals surface area contributed by atoms with Gasteiger partial charge in [0.15, 0.2) is 0 Å². The van der Waals surface area contributed by atoms with E-state index in [1.807, 2.05) is 12.1 Å². The number of rotatable bonds is 9. The number of nitrogens with one attached hydrogen (secondary N) is 1. The average molecular weight is 361 g/mol. The van der Waals surface area contributed by atoms with Crippen LogP contribution in [0.3, 0.4) is 0 Å². The molecule has 0 bridgehead atoms. The van der Waals surface area contributed by atoms with Crippen LogP contribution in [0.1, 0.15) is 29.8 Å². The van der Waals surface area contributed by atoms with Crippen molar-refractivity contribution in [2.24, 2.45) is 0 Å². The largest absolute Gasteiger partial charge is 0.357 e. The number of aromatic nitrogens is 1. The molecule has 6 heteroatoms. The quantitative estimate of drug-likeness (QED) is 0.691. The first-order valence-electron chi connectivity index (χ1n) is 8.46. The van der Waals surface area contributed by atoms with Gasteiger partial charge < -0.3 is 10.2 Å². The maximum absolute atomic E-state index is 13.5. The lowest BCUT2D eigenvalue weighted by molar-refractivity contribution is 0.0956. The fourth-order valence-corrected chi connectivity index (χ4v) is 3.24. The number of benzene rings is 1. The summed E-state index contributed by atoms with van der Waals surface area (Å²) >= 11 is 1.59. The summed E-state index contributed by atoms with van der Waals surface area (Å²) in [6.07, 6.45) is 1.61. The van der Waals surface area contributed by atoms with E-state index in [-0.39, 0.29) is 11.7 Å². The van der Waals surface area contributed by atoms with Crippen LogP contribution < -0.4 is 10.2 Å². The zero-order valence-electron chi connectivity index (χ0n) is 14.7. The zero-order chi connectivity index (χ0) is 18.1. The molecule has 2 rings (SSSR count). The van der Waals surface area contributed by atoms with Crippen LogP contribution in [0.25, 0.3) is 0 Å². The maximum Gasteiger partial charge on any atom is 0.252 e. The van der Waals surface area contributed by atoms with Crippen molar-refractivity contribution >= 4 is 23.5 Å². The van der Waals surface area contributed by atoms with Gasteiger partial charge in [0, 0.05) is 37.3 Å². The number of nitrogens with zero attached hydrogens (tertiary/aromatic N) is 2. The highest BCUT2D eigenvalue weighted by molar-refractivity contribution is 7.98. The third kappa shape index (κ3) is 5.74. The van der Waals surface area contributed by atoms with Gasteiger partial charge in [-0.3, -0.25) is 4.79 Å². The van der Waals surface area contributed by atoms with Gasteiger partial charge in [0.25, 0.3) is 5.91 Å². The van der Waals surface area contributed by atoms with Crippen molar-refractivity contribution in [1.82, 2.24) is 10.3 Å². The number of hydrogen-bond acceptors (Lipinski definition) is 4. The predicted molar refractivity (Wildman–Crippen MR) is 103 cm³/mol. The highest BCUT2D eigenvalue weighted by Crippen LogP contribution is 2.15. The van der Waals surface area contributed by atoms with Crippen LogP contribution in [-0.4, -0.2) is 36.3 Å². The fraction of sp³-hybridized carbons (Fsp3) is 0.368. The Hall–Kier alpha value is -2.08. The molecule has 1 N–H and O–H groups in total. The van der Waals surface area contributed by atoms with E-state index in [2.05, 4.69) is 29.0 Å². The lowest BCUT2D eigenvalue weighted by Gasteiger charge is -2.19. The molecular formula is C19H24FN3OS. The van der Waals surface area contributed by atoms with Gasteiger partial charge in [-0.15, -0.1) is 0 Å². The molecule has 0 aliphatic rings. The molecule has 1 amide bonds. The summed E-state index contributed by atoms with van der Waals surface area (Å²) in [7, 11) is 0. The molecule has 25 heavy (non-hydrogen) atoms. The van der Waals surface area contributed by atoms with Crippen LogP contribution in [0.15, 0.2) is 42.6 Å². The second-order valence-electron chi connectivity index (χ2n) is 5.48. The van der Waals surface area contributed by atoms with E-state index >= 15 is 0 Å². The second kappa shape index (κ2) is 10.0. The summed E-state index contributed by atoms with van der Waals surface area (Å²) in [5.41, 5.74) is 1.24. The molecule has 0 saturated carbocycles. The number of carbonyl (C=O) groups is 1. The molecule has 1 heterocycles. The minimum Gasteiger partial charge on any atom is -0.357 e. The molecule has 0 saturated heterocycles. The Morgan fingerprint density at radius 3 is 2.60 bits per heavy atom. The van der Waals surface area contributed by atoms with Crippen molar-refractivity contribution < 1.29 is 9.18 Å². The van der Waals surface area contributed by atoms with Crippen molar-refractivity contribution in [2.75, 3.05) is 30.3 Å². The highest BCUT2D eigenvalue weighted by Gasteiger charge is 2.08. The van der Waals surface area contributed by atoms with E-state index in [4.69, 9.17) is 0 Å². The van der Waals surface area contributed by atoms with Gasteiger partial charge in [-0.05, 0) is 37.6 Å². The first kappa shape index (κ1) is 19.2. The topological polar surface area (TPSA) is 45.2 Å². The normalized spacial score (nSPS) is 10.5. The minimum atomic E-state index is -0.182. The number of thioether (sulfide) groups is 1. The summed E-state index contributed by atoms with van der Waals surface area (Å²) in [5.74, 6) is 1.89. The Morgan fingerprint density at radius 2 is 1.96 bits per heavy atom. The standard InChI is InChI=1S/C19H24FN3OS/c1-3-23(4-2)18-10-9-15(13-22-18)19(24)21-11-12-25-14-16-7-5-6-8-17(16)20/h5-10,13H,3-4,11-12,14H2,1-2H3,(H,21,24). The fourth-order valence-electron chi connectivity index (χ4n) is 2.39. The maximum atomic E-state index is 13.5. The Morgan fingerprint density at radius 1 is 1.20 bits per heavy atom. The number of pyridine rings is 1. The first-order valence-corrected chi connectivity index (χ1v) is 9.61. The van der Waals surface area contributed by atoms with Gasteiger partial charge >= 0.3 is 0 Å². The summed E-state index contributed by atoms with van der Waals surface area (Å²) in [6.45, 7) is 6.45. The number of halogens is 1. The zero-order valence-corrected chi connectivity index (χ0v) is 15.5. The molecule has 0 aliphatic carbocycles. The van der Waals surface area contributed by atoms with Crippen LogP contribution >= 0.6 is 11.8 Å². The van der Waals surface area contributed by atoms with Crippen molar-refractivity contribution in [3.63, 3.8) is 0 Å². The third-order valence-electron chi connectivity index (χ3n) is 3.84.